The maximum Gasteiger partial charge on any atom is 0.309 e. The summed E-state index contributed by atoms with van der Waals surface area (Å²) in [5.74, 6) is -0.957. The van der Waals surface area contributed by atoms with Crippen molar-refractivity contribution in [3.05, 3.63) is 18.2 Å². The molecule has 0 aliphatic carbocycles. The first-order valence-electron chi connectivity index (χ1n) is 10.6. The van der Waals surface area contributed by atoms with Crippen LogP contribution in [-0.4, -0.2) is 109 Å². The number of benzene rings is 1. The van der Waals surface area contributed by atoms with Gasteiger partial charge in [-0.05, 0) is 12.1 Å². The number of ether oxygens (including phenoxy) is 4. The van der Waals surface area contributed by atoms with Gasteiger partial charge in [0.2, 0.25) is 10.0 Å². The molecule has 0 saturated carbocycles. The van der Waals surface area contributed by atoms with Crippen LogP contribution in [0.15, 0.2) is 23.1 Å². The molecule has 2 heterocycles. The number of hydrogen-bond acceptors (Lipinski definition) is 9. The van der Waals surface area contributed by atoms with Crippen LogP contribution in [0.3, 0.4) is 0 Å². The van der Waals surface area contributed by atoms with Gasteiger partial charge in [0.15, 0.2) is 11.5 Å². The van der Waals surface area contributed by atoms with E-state index in [0.717, 1.165) is 17.4 Å². The lowest BCUT2D eigenvalue weighted by atomic mass is 10.3. The predicted octanol–water partition coefficient (Wildman–Crippen LogP) is -1.38. The van der Waals surface area contributed by atoms with Crippen molar-refractivity contribution in [1.82, 2.24) is 19.8 Å². The molecule has 33 heavy (non-hydrogen) atoms. The molecule has 2 N–H and O–H groups in total. The lowest BCUT2D eigenvalue weighted by molar-refractivity contribution is -0.139. The molecular weight excluding hydrogens is 456 g/mol. The van der Waals surface area contributed by atoms with Crippen molar-refractivity contribution in [2.75, 3.05) is 73.3 Å². The molecular formula is C20H30N4O8S. The van der Waals surface area contributed by atoms with E-state index in [-0.39, 0.29) is 30.3 Å². The number of carbonyl (C=O) groups is 2. The van der Waals surface area contributed by atoms with Crippen molar-refractivity contribution in [2.45, 2.75) is 11.1 Å². The SMILES string of the molecule is COc1ccc(S(=O)(=O)N2CCOC2CNC(=O)C(=O)NCCN2CCOCC2)cc1OC. The number of carbonyl (C=O) groups excluding carboxylic acids is 2. The Morgan fingerprint density at radius 1 is 1.03 bits per heavy atom. The number of nitrogens with one attached hydrogen (secondary N) is 2. The molecule has 2 aliphatic rings. The lowest BCUT2D eigenvalue weighted by Crippen LogP contribution is -2.48. The average Bonchev–Trinajstić information content (AvgIpc) is 3.32. The van der Waals surface area contributed by atoms with Crippen LogP contribution in [-0.2, 0) is 29.1 Å². The number of sulfonamides is 1. The van der Waals surface area contributed by atoms with Gasteiger partial charge in [-0.1, -0.05) is 0 Å². The van der Waals surface area contributed by atoms with E-state index < -0.39 is 28.1 Å². The molecule has 0 aromatic heterocycles. The highest BCUT2D eigenvalue weighted by atomic mass is 32.2. The van der Waals surface area contributed by atoms with E-state index in [1.165, 1.54) is 32.4 Å². The van der Waals surface area contributed by atoms with Crippen molar-refractivity contribution in [3.8, 4) is 11.5 Å². The van der Waals surface area contributed by atoms with Crippen LogP contribution in [0.1, 0.15) is 0 Å². The molecule has 3 rings (SSSR count). The predicted molar refractivity (Wildman–Crippen MR) is 116 cm³/mol. The van der Waals surface area contributed by atoms with Gasteiger partial charge in [0, 0.05) is 38.8 Å². The molecule has 2 fully saturated rings. The summed E-state index contributed by atoms with van der Waals surface area (Å²) in [6.07, 6.45) is -0.937. The van der Waals surface area contributed by atoms with E-state index in [1.807, 2.05) is 0 Å². The van der Waals surface area contributed by atoms with Gasteiger partial charge >= 0.3 is 11.8 Å². The molecule has 0 radical (unpaired) electrons. The number of nitrogens with zero attached hydrogens (tertiary/aromatic N) is 2. The summed E-state index contributed by atoms with van der Waals surface area (Å²) in [6, 6.07) is 4.28. The molecule has 1 aromatic rings. The van der Waals surface area contributed by atoms with E-state index in [9.17, 15) is 18.0 Å². The number of hydrogen-bond donors (Lipinski definition) is 2. The van der Waals surface area contributed by atoms with E-state index >= 15 is 0 Å². The molecule has 0 spiro atoms. The van der Waals surface area contributed by atoms with Gasteiger partial charge in [0.1, 0.15) is 6.23 Å². The van der Waals surface area contributed by atoms with Crippen molar-refractivity contribution in [1.29, 1.82) is 0 Å². The van der Waals surface area contributed by atoms with Crippen molar-refractivity contribution in [3.63, 3.8) is 0 Å². The Hall–Kier alpha value is -2.45. The summed E-state index contributed by atoms with van der Waals surface area (Å²) < 4.78 is 48.5. The van der Waals surface area contributed by atoms with Gasteiger partial charge in [-0.25, -0.2) is 8.42 Å². The van der Waals surface area contributed by atoms with E-state index in [2.05, 4.69) is 15.5 Å². The zero-order chi connectivity index (χ0) is 23.8. The minimum atomic E-state index is -3.94. The van der Waals surface area contributed by atoms with Gasteiger partial charge in [0.05, 0.1) is 45.5 Å². The van der Waals surface area contributed by atoms with E-state index in [4.69, 9.17) is 18.9 Å². The van der Waals surface area contributed by atoms with Crippen molar-refractivity contribution >= 4 is 21.8 Å². The quantitative estimate of drug-likeness (QED) is 0.405. The summed E-state index contributed by atoms with van der Waals surface area (Å²) in [5.41, 5.74) is 0. The zero-order valence-electron chi connectivity index (χ0n) is 18.7. The minimum Gasteiger partial charge on any atom is -0.493 e. The van der Waals surface area contributed by atoms with E-state index in [1.54, 1.807) is 0 Å². The largest absolute Gasteiger partial charge is 0.493 e. The Morgan fingerprint density at radius 2 is 1.73 bits per heavy atom. The highest BCUT2D eigenvalue weighted by Gasteiger charge is 2.37. The highest BCUT2D eigenvalue weighted by Crippen LogP contribution is 2.31. The third-order valence-corrected chi connectivity index (χ3v) is 7.25. The van der Waals surface area contributed by atoms with Crippen LogP contribution >= 0.6 is 0 Å². The first kappa shape index (κ1) is 25.2. The second kappa shape index (κ2) is 11.6. The molecule has 184 valence electrons. The topological polar surface area (TPSA) is 136 Å². The second-order valence-electron chi connectivity index (χ2n) is 7.38. The van der Waals surface area contributed by atoms with Gasteiger partial charge in [-0.3, -0.25) is 14.5 Å². The summed E-state index contributed by atoms with van der Waals surface area (Å²) in [6.45, 7) is 3.93. The fourth-order valence-corrected chi connectivity index (χ4v) is 5.07. The standard InChI is InChI=1S/C20H30N4O8S/c1-29-16-4-3-15(13-17(16)30-2)33(27,28)24-9-12-32-18(24)14-22-20(26)19(25)21-5-6-23-7-10-31-11-8-23/h3-4,13,18H,5-12,14H2,1-2H3,(H,21,25)(H,22,26). The smallest absolute Gasteiger partial charge is 0.309 e. The van der Waals surface area contributed by atoms with E-state index in [0.29, 0.717) is 32.1 Å². The maximum atomic E-state index is 13.1. The molecule has 1 aromatic carbocycles. The molecule has 12 nitrogen and oxygen atoms in total. The average molecular weight is 487 g/mol. The normalized spacial score (nSPS) is 19.8. The van der Waals surface area contributed by atoms with Gasteiger partial charge in [0.25, 0.3) is 0 Å². The van der Waals surface area contributed by atoms with Crippen LogP contribution in [0.5, 0.6) is 11.5 Å². The lowest BCUT2D eigenvalue weighted by Gasteiger charge is -2.26. The first-order chi connectivity index (χ1) is 15.9. The minimum absolute atomic E-state index is 0.00262. The zero-order valence-corrected chi connectivity index (χ0v) is 19.6. The highest BCUT2D eigenvalue weighted by molar-refractivity contribution is 7.89. The Bertz CT molecular complexity index is 936. The third kappa shape index (κ3) is 6.32. The second-order valence-corrected chi connectivity index (χ2v) is 9.27. The number of methoxy groups -OCH3 is 2. The summed E-state index contributed by atoms with van der Waals surface area (Å²) in [4.78, 5) is 26.3. The summed E-state index contributed by atoms with van der Waals surface area (Å²) in [7, 11) is -1.06. The molecule has 0 bridgehead atoms. The van der Waals surface area contributed by atoms with Crippen LogP contribution < -0.4 is 20.1 Å². The van der Waals surface area contributed by atoms with Crippen LogP contribution in [0.4, 0.5) is 0 Å². The van der Waals surface area contributed by atoms with Crippen molar-refractivity contribution in [2.24, 2.45) is 0 Å². The summed E-state index contributed by atoms with van der Waals surface area (Å²) in [5, 5.41) is 5.01. The number of morpholine rings is 1. The molecule has 1 atom stereocenters. The summed E-state index contributed by atoms with van der Waals surface area (Å²) >= 11 is 0. The first-order valence-corrected chi connectivity index (χ1v) is 12.0. The fraction of sp³-hybridized carbons (Fsp3) is 0.600. The Balaban J connectivity index is 1.53. The Kier molecular flexibility index (Phi) is 8.86. The molecule has 2 amide bonds. The van der Waals surface area contributed by atoms with Crippen molar-refractivity contribution < 1.29 is 37.0 Å². The molecule has 2 saturated heterocycles. The van der Waals surface area contributed by atoms with Crippen LogP contribution in [0, 0.1) is 0 Å². The van der Waals surface area contributed by atoms with Gasteiger partial charge in [-0.2, -0.15) is 4.31 Å². The van der Waals surface area contributed by atoms with Crippen LogP contribution in [0.2, 0.25) is 0 Å². The van der Waals surface area contributed by atoms with Gasteiger partial charge in [-0.15, -0.1) is 0 Å². The molecule has 1 unspecified atom stereocenters. The molecule has 13 heteroatoms. The number of amides is 2. The number of rotatable bonds is 9. The molecule has 2 aliphatic heterocycles. The third-order valence-electron chi connectivity index (χ3n) is 5.37. The Labute approximate surface area is 193 Å². The van der Waals surface area contributed by atoms with Gasteiger partial charge < -0.3 is 29.6 Å². The fourth-order valence-electron chi connectivity index (χ4n) is 3.55. The Morgan fingerprint density at radius 3 is 2.42 bits per heavy atom. The maximum absolute atomic E-state index is 13.1. The monoisotopic (exact) mass is 486 g/mol. The van der Waals surface area contributed by atoms with Crippen LogP contribution in [0.25, 0.3) is 0 Å².